The van der Waals surface area contributed by atoms with Crippen molar-refractivity contribution in [1.29, 1.82) is 0 Å². The smallest absolute Gasteiger partial charge is 0.0386 e. The summed E-state index contributed by atoms with van der Waals surface area (Å²) in [5.74, 6) is 2.24. The minimum Gasteiger partial charge on any atom is -0.0654 e. The highest BCUT2D eigenvalue weighted by molar-refractivity contribution is 4.80. The predicted octanol–water partition coefficient (Wildman–Crippen LogP) is 7.51. The van der Waals surface area contributed by atoms with Crippen molar-refractivity contribution < 1.29 is 0 Å². The van der Waals surface area contributed by atoms with Gasteiger partial charge in [0.05, 0.1) is 0 Å². The van der Waals surface area contributed by atoms with Crippen LogP contribution in [0.15, 0.2) is 0 Å². The van der Waals surface area contributed by atoms with E-state index >= 15 is 0 Å². The Balaban J connectivity index is 1.86. The molecule has 0 aliphatic heterocycles. The van der Waals surface area contributed by atoms with Gasteiger partial charge in [-0.25, -0.2) is 0 Å². The first kappa shape index (κ1) is 18.1. The first-order chi connectivity index (χ1) is 9.88. The molecule has 0 radical (unpaired) electrons. The van der Waals surface area contributed by atoms with Gasteiger partial charge in [0.15, 0.2) is 0 Å². The second kappa shape index (κ2) is 12.7. The van der Waals surface area contributed by atoms with Crippen LogP contribution < -0.4 is 0 Å². The topological polar surface area (TPSA) is 0 Å². The molecule has 20 heavy (non-hydrogen) atoms. The fourth-order valence-corrected chi connectivity index (χ4v) is 3.77. The number of hydrogen-bond acceptors (Lipinski definition) is 0. The molecular formula is C20H40. The van der Waals surface area contributed by atoms with Crippen molar-refractivity contribution in [3.63, 3.8) is 0 Å². The van der Waals surface area contributed by atoms with E-state index in [1.807, 2.05) is 0 Å². The van der Waals surface area contributed by atoms with Crippen molar-refractivity contribution in [3.8, 4) is 0 Å². The summed E-state index contributed by atoms with van der Waals surface area (Å²) < 4.78 is 0. The van der Waals surface area contributed by atoms with Gasteiger partial charge in [0.2, 0.25) is 0 Å². The molecule has 1 saturated carbocycles. The Hall–Kier alpha value is 0. The highest BCUT2D eigenvalue weighted by atomic mass is 14.3. The lowest BCUT2D eigenvalue weighted by molar-refractivity contribution is 0.145. The maximum Gasteiger partial charge on any atom is -0.0386 e. The first-order valence-corrected chi connectivity index (χ1v) is 9.88. The van der Waals surface area contributed by atoms with Crippen LogP contribution in [0.2, 0.25) is 0 Å². The maximum absolute atomic E-state index is 2.31. The van der Waals surface area contributed by atoms with E-state index in [1.165, 1.54) is 77.0 Å². The van der Waals surface area contributed by atoms with Gasteiger partial charge in [-0.3, -0.25) is 0 Å². The van der Waals surface area contributed by atoms with E-state index in [4.69, 9.17) is 0 Å². The van der Waals surface area contributed by atoms with E-state index in [0.717, 1.165) is 11.8 Å². The molecule has 0 heterocycles. The van der Waals surface area contributed by atoms with Gasteiger partial charge in [0.1, 0.15) is 0 Å². The summed E-state index contributed by atoms with van der Waals surface area (Å²) >= 11 is 0. The Labute approximate surface area is 129 Å². The van der Waals surface area contributed by atoms with Crippen LogP contribution in [-0.4, -0.2) is 0 Å². The summed E-state index contributed by atoms with van der Waals surface area (Å²) in [4.78, 5) is 0. The van der Waals surface area contributed by atoms with Crippen LogP contribution in [0.4, 0.5) is 0 Å². The van der Waals surface area contributed by atoms with Crippen molar-refractivity contribution in [3.05, 3.63) is 0 Å². The van der Waals surface area contributed by atoms with Gasteiger partial charge in [0.25, 0.3) is 0 Å². The molecule has 0 spiro atoms. The van der Waals surface area contributed by atoms with Crippen LogP contribution >= 0.6 is 0 Å². The van der Waals surface area contributed by atoms with Crippen LogP contribution in [0.25, 0.3) is 0 Å². The van der Waals surface area contributed by atoms with Gasteiger partial charge in [-0.2, -0.15) is 0 Å². The monoisotopic (exact) mass is 280 g/mol. The molecule has 0 saturated heterocycles. The third kappa shape index (κ3) is 8.32. The molecule has 0 bridgehead atoms. The molecule has 1 aliphatic carbocycles. The van der Waals surface area contributed by atoms with Crippen molar-refractivity contribution >= 4 is 0 Å². The highest BCUT2D eigenvalue weighted by Crippen LogP contribution is 2.41. The highest BCUT2D eigenvalue weighted by Gasteiger charge is 2.29. The van der Waals surface area contributed by atoms with Crippen LogP contribution in [0.1, 0.15) is 117 Å². The first-order valence-electron chi connectivity index (χ1n) is 9.88. The normalized spacial score (nSPS) is 21.9. The quantitative estimate of drug-likeness (QED) is 0.289. The third-order valence-electron chi connectivity index (χ3n) is 5.43. The predicted molar refractivity (Wildman–Crippen MR) is 92.2 cm³/mol. The van der Waals surface area contributed by atoms with E-state index in [0.29, 0.717) is 0 Å². The van der Waals surface area contributed by atoms with Crippen molar-refractivity contribution in [2.24, 2.45) is 11.8 Å². The largest absolute Gasteiger partial charge is 0.0654 e. The molecule has 0 nitrogen and oxygen atoms in total. The molecule has 0 heteroatoms. The standard InChI is InChI=1S/C20H40/c1-3-5-7-9-11-13-15-19-17-18-20(19)16-14-12-10-8-6-4-2/h19-20H,3-18H2,1-2H3. The molecule has 2 atom stereocenters. The summed E-state index contributed by atoms with van der Waals surface area (Å²) in [5, 5.41) is 0. The Bertz CT molecular complexity index is 174. The summed E-state index contributed by atoms with van der Waals surface area (Å²) in [5.41, 5.74) is 0. The maximum atomic E-state index is 2.31. The van der Waals surface area contributed by atoms with Gasteiger partial charge in [-0.05, 0) is 24.7 Å². The van der Waals surface area contributed by atoms with E-state index in [2.05, 4.69) is 13.8 Å². The van der Waals surface area contributed by atoms with Crippen molar-refractivity contribution in [2.45, 2.75) is 117 Å². The van der Waals surface area contributed by atoms with E-state index in [-0.39, 0.29) is 0 Å². The fraction of sp³-hybridized carbons (Fsp3) is 1.00. The van der Waals surface area contributed by atoms with E-state index in [9.17, 15) is 0 Å². The zero-order chi connectivity index (χ0) is 14.5. The van der Waals surface area contributed by atoms with Gasteiger partial charge in [-0.1, -0.05) is 104 Å². The minimum absolute atomic E-state index is 1.12. The number of unbranched alkanes of at least 4 members (excludes halogenated alkanes) is 10. The zero-order valence-electron chi connectivity index (χ0n) is 14.5. The lowest BCUT2D eigenvalue weighted by Crippen LogP contribution is -2.25. The Morgan fingerprint density at radius 1 is 0.500 bits per heavy atom. The molecule has 0 amide bonds. The fourth-order valence-electron chi connectivity index (χ4n) is 3.77. The molecule has 1 fully saturated rings. The van der Waals surface area contributed by atoms with Gasteiger partial charge < -0.3 is 0 Å². The van der Waals surface area contributed by atoms with Gasteiger partial charge in [0, 0.05) is 0 Å². The van der Waals surface area contributed by atoms with Gasteiger partial charge in [-0.15, -0.1) is 0 Å². The zero-order valence-corrected chi connectivity index (χ0v) is 14.5. The molecule has 1 rings (SSSR count). The lowest BCUT2D eigenvalue weighted by atomic mass is 9.69. The minimum atomic E-state index is 1.12. The average Bonchev–Trinajstić information content (AvgIpc) is 2.44. The van der Waals surface area contributed by atoms with Crippen LogP contribution in [0.5, 0.6) is 0 Å². The summed E-state index contributed by atoms with van der Waals surface area (Å²) in [7, 11) is 0. The molecule has 0 N–H and O–H groups in total. The van der Waals surface area contributed by atoms with Crippen LogP contribution in [0, 0.1) is 11.8 Å². The Kier molecular flexibility index (Phi) is 11.5. The van der Waals surface area contributed by atoms with E-state index in [1.54, 1.807) is 25.7 Å². The lowest BCUT2D eigenvalue weighted by Gasteiger charge is -2.37. The van der Waals surface area contributed by atoms with Gasteiger partial charge >= 0.3 is 0 Å². The summed E-state index contributed by atoms with van der Waals surface area (Å²) in [6.45, 7) is 4.61. The molecule has 1 aliphatic rings. The summed E-state index contributed by atoms with van der Waals surface area (Å²) in [6.07, 6.45) is 23.8. The third-order valence-corrected chi connectivity index (χ3v) is 5.43. The second-order valence-corrected chi connectivity index (χ2v) is 7.21. The van der Waals surface area contributed by atoms with Crippen LogP contribution in [0.3, 0.4) is 0 Å². The average molecular weight is 281 g/mol. The van der Waals surface area contributed by atoms with Crippen LogP contribution in [-0.2, 0) is 0 Å². The summed E-state index contributed by atoms with van der Waals surface area (Å²) in [6, 6.07) is 0. The van der Waals surface area contributed by atoms with Crippen molar-refractivity contribution in [1.82, 2.24) is 0 Å². The molecule has 0 aromatic rings. The van der Waals surface area contributed by atoms with Crippen molar-refractivity contribution in [2.75, 3.05) is 0 Å². The SMILES string of the molecule is CCCCCCCCC1CCC1CCCCCCCC. The molecule has 0 aromatic heterocycles. The van der Waals surface area contributed by atoms with E-state index < -0.39 is 0 Å². The molecule has 120 valence electrons. The number of hydrogen-bond donors (Lipinski definition) is 0. The second-order valence-electron chi connectivity index (χ2n) is 7.21. The Morgan fingerprint density at radius 2 is 0.850 bits per heavy atom. The molecule has 0 aromatic carbocycles. The number of rotatable bonds is 14. The molecule has 2 unspecified atom stereocenters. The molecular weight excluding hydrogens is 240 g/mol. The Morgan fingerprint density at radius 3 is 1.20 bits per heavy atom.